The van der Waals surface area contributed by atoms with Gasteiger partial charge in [0.05, 0.1) is 0 Å². The molecule has 0 aromatic carbocycles. The maximum Gasteiger partial charge on any atom is 0.126 e. The van der Waals surface area contributed by atoms with Crippen molar-refractivity contribution < 1.29 is 5.11 Å². The SMILES string of the molecule is CC1(C)CCCCC1(O)c1nc(Br)cs1. The Bertz CT molecular complexity index is 363. The van der Waals surface area contributed by atoms with E-state index in [1.807, 2.05) is 5.38 Å². The van der Waals surface area contributed by atoms with Crippen LogP contribution in [-0.2, 0) is 5.60 Å². The molecule has 1 fully saturated rings. The number of halogens is 1. The molecule has 1 aliphatic rings. The zero-order valence-electron chi connectivity index (χ0n) is 9.09. The van der Waals surface area contributed by atoms with Crippen LogP contribution in [0.15, 0.2) is 9.98 Å². The van der Waals surface area contributed by atoms with Crippen LogP contribution in [0.2, 0.25) is 0 Å². The van der Waals surface area contributed by atoms with Crippen molar-refractivity contribution in [2.75, 3.05) is 0 Å². The third-order valence-corrected chi connectivity index (χ3v) is 5.24. The maximum atomic E-state index is 10.8. The van der Waals surface area contributed by atoms with Gasteiger partial charge in [-0.2, -0.15) is 0 Å². The average molecular weight is 290 g/mol. The summed E-state index contributed by atoms with van der Waals surface area (Å²) in [4.78, 5) is 4.39. The van der Waals surface area contributed by atoms with Crippen molar-refractivity contribution in [2.24, 2.45) is 5.41 Å². The summed E-state index contributed by atoms with van der Waals surface area (Å²) in [6.07, 6.45) is 4.21. The molecule has 0 spiro atoms. The van der Waals surface area contributed by atoms with E-state index < -0.39 is 5.60 Å². The van der Waals surface area contributed by atoms with Gasteiger partial charge in [-0.15, -0.1) is 11.3 Å². The second-order valence-corrected chi connectivity index (χ2v) is 6.60. The lowest BCUT2D eigenvalue weighted by Gasteiger charge is -2.45. The Morgan fingerprint density at radius 1 is 1.40 bits per heavy atom. The third-order valence-electron chi connectivity index (χ3n) is 3.54. The summed E-state index contributed by atoms with van der Waals surface area (Å²) in [7, 11) is 0. The zero-order valence-corrected chi connectivity index (χ0v) is 11.5. The minimum atomic E-state index is -0.734. The molecule has 1 atom stereocenters. The number of hydrogen-bond acceptors (Lipinski definition) is 3. The first kappa shape index (κ1) is 11.6. The van der Waals surface area contributed by atoms with E-state index in [-0.39, 0.29) is 5.41 Å². The first-order chi connectivity index (χ1) is 6.96. The zero-order chi connectivity index (χ0) is 11.1. The van der Waals surface area contributed by atoms with E-state index in [1.54, 1.807) is 11.3 Å². The fourth-order valence-electron chi connectivity index (χ4n) is 2.33. The predicted octanol–water partition coefficient (Wildman–Crippen LogP) is 3.69. The highest BCUT2D eigenvalue weighted by molar-refractivity contribution is 9.10. The molecular weight excluding hydrogens is 274 g/mol. The predicted molar refractivity (Wildman–Crippen MR) is 66.0 cm³/mol. The molecule has 2 rings (SSSR count). The number of nitrogens with zero attached hydrogens (tertiary/aromatic N) is 1. The molecule has 1 aromatic rings. The molecule has 1 aliphatic carbocycles. The minimum Gasteiger partial charge on any atom is -0.382 e. The van der Waals surface area contributed by atoms with Crippen LogP contribution in [0.25, 0.3) is 0 Å². The van der Waals surface area contributed by atoms with Gasteiger partial charge in [-0.3, -0.25) is 0 Å². The van der Waals surface area contributed by atoms with E-state index >= 15 is 0 Å². The smallest absolute Gasteiger partial charge is 0.126 e. The van der Waals surface area contributed by atoms with Crippen LogP contribution in [-0.4, -0.2) is 10.1 Å². The first-order valence-corrected chi connectivity index (χ1v) is 6.97. The summed E-state index contributed by atoms with van der Waals surface area (Å²) in [5, 5.41) is 13.6. The van der Waals surface area contributed by atoms with E-state index in [0.29, 0.717) is 0 Å². The van der Waals surface area contributed by atoms with Crippen molar-refractivity contribution in [2.45, 2.75) is 45.1 Å². The fourth-order valence-corrected chi connectivity index (χ4v) is 3.89. The number of aromatic nitrogens is 1. The molecule has 0 radical (unpaired) electrons. The van der Waals surface area contributed by atoms with Gasteiger partial charge in [-0.05, 0) is 28.8 Å². The van der Waals surface area contributed by atoms with Gasteiger partial charge in [-0.25, -0.2) is 4.98 Å². The van der Waals surface area contributed by atoms with Crippen molar-refractivity contribution in [3.05, 3.63) is 15.0 Å². The molecule has 0 bridgehead atoms. The lowest BCUT2D eigenvalue weighted by atomic mass is 9.66. The van der Waals surface area contributed by atoms with E-state index in [9.17, 15) is 5.11 Å². The van der Waals surface area contributed by atoms with Gasteiger partial charge >= 0.3 is 0 Å². The van der Waals surface area contributed by atoms with Gasteiger partial charge in [0.15, 0.2) is 0 Å². The number of aliphatic hydroxyl groups is 1. The molecule has 1 N–H and O–H groups in total. The Labute approximate surface area is 103 Å². The summed E-state index contributed by atoms with van der Waals surface area (Å²) in [6.45, 7) is 4.28. The number of thiazole rings is 1. The summed E-state index contributed by atoms with van der Waals surface area (Å²) in [5.74, 6) is 0. The molecule has 0 amide bonds. The standard InChI is InChI=1S/C11H16BrNOS/c1-10(2)5-3-4-6-11(10,14)9-13-8(12)7-15-9/h7,14H,3-6H2,1-2H3. The topological polar surface area (TPSA) is 33.1 Å². The van der Waals surface area contributed by atoms with E-state index in [2.05, 4.69) is 34.8 Å². The largest absolute Gasteiger partial charge is 0.382 e. The van der Waals surface area contributed by atoms with E-state index in [0.717, 1.165) is 28.9 Å². The molecule has 1 unspecified atom stereocenters. The second kappa shape index (κ2) is 3.82. The van der Waals surface area contributed by atoms with Crippen LogP contribution >= 0.6 is 27.3 Å². The van der Waals surface area contributed by atoms with Crippen LogP contribution in [0.4, 0.5) is 0 Å². The fraction of sp³-hybridized carbons (Fsp3) is 0.727. The third kappa shape index (κ3) is 1.87. The van der Waals surface area contributed by atoms with Gasteiger partial charge in [-0.1, -0.05) is 26.7 Å². The lowest BCUT2D eigenvalue weighted by molar-refractivity contribution is -0.104. The number of hydrogen-bond donors (Lipinski definition) is 1. The van der Waals surface area contributed by atoms with Crippen LogP contribution in [0, 0.1) is 5.41 Å². The van der Waals surface area contributed by atoms with E-state index in [1.165, 1.54) is 6.42 Å². The molecule has 1 saturated carbocycles. The number of rotatable bonds is 1. The van der Waals surface area contributed by atoms with Gasteiger partial charge in [0.1, 0.15) is 15.2 Å². The van der Waals surface area contributed by atoms with E-state index in [4.69, 9.17) is 0 Å². The minimum absolute atomic E-state index is 0.0669. The van der Waals surface area contributed by atoms with Gasteiger partial charge in [0.2, 0.25) is 0 Å². The molecule has 2 nitrogen and oxygen atoms in total. The monoisotopic (exact) mass is 289 g/mol. The Kier molecular flexibility index (Phi) is 2.95. The van der Waals surface area contributed by atoms with Crippen LogP contribution in [0.3, 0.4) is 0 Å². The lowest BCUT2D eigenvalue weighted by Crippen LogP contribution is -2.44. The van der Waals surface area contributed by atoms with Crippen molar-refractivity contribution in [3.63, 3.8) is 0 Å². The second-order valence-electron chi connectivity index (χ2n) is 4.93. The van der Waals surface area contributed by atoms with Gasteiger partial charge in [0, 0.05) is 10.8 Å². The van der Waals surface area contributed by atoms with Crippen molar-refractivity contribution in [1.29, 1.82) is 0 Å². The highest BCUT2D eigenvalue weighted by Crippen LogP contribution is 2.50. The molecule has 1 aromatic heterocycles. The Balaban J connectivity index is 2.39. The molecule has 15 heavy (non-hydrogen) atoms. The highest BCUT2D eigenvalue weighted by atomic mass is 79.9. The van der Waals surface area contributed by atoms with Crippen LogP contribution in [0.5, 0.6) is 0 Å². The van der Waals surface area contributed by atoms with Crippen molar-refractivity contribution in [3.8, 4) is 0 Å². The maximum absolute atomic E-state index is 10.8. The molecule has 84 valence electrons. The Hall–Kier alpha value is 0.0700. The Morgan fingerprint density at radius 2 is 2.07 bits per heavy atom. The first-order valence-electron chi connectivity index (χ1n) is 5.30. The molecular formula is C11H16BrNOS. The molecule has 4 heteroatoms. The van der Waals surface area contributed by atoms with Crippen molar-refractivity contribution >= 4 is 27.3 Å². The van der Waals surface area contributed by atoms with Crippen LogP contribution < -0.4 is 0 Å². The summed E-state index contributed by atoms with van der Waals surface area (Å²) in [6, 6.07) is 0. The van der Waals surface area contributed by atoms with Gasteiger partial charge in [0.25, 0.3) is 0 Å². The quantitative estimate of drug-likeness (QED) is 0.855. The molecule has 1 heterocycles. The Morgan fingerprint density at radius 3 is 2.60 bits per heavy atom. The van der Waals surface area contributed by atoms with Crippen LogP contribution in [0.1, 0.15) is 44.5 Å². The molecule has 0 aliphatic heterocycles. The van der Waals surface area contributed by atoms with Gasteiger partial charge < -0.3 is 5.11 Å². The summed E-state index contributed by atoms with van der Waals surface area (Å²) in [5.41, 5.74) is -0.801. The summed E-state index contributed by atoms with van der Waals surface area (Å²) >= 11 is 4.90. The average Bonchev–Trinajstić information content (AvgIpc) is 2.58. The van der Waals surface area contributed by atoms with Crippen molar-refractivity contribution in [1.82, 2.24) is 4.98 Å². The molecule has 0 saturated heterocycles. The summed E-state index contributed by atoms with van der Waals surface area (Å²) < 4.78 is 0.831. The highest BCUT2D eigenvalue weighted by Gasteiger charge is 2.48. The normalized spacial score (nSPS) is 30.4.